The van der Waals surface area contributed by atoms with Crippen LogP contribution in [0.4, 0.5) is 0 Å². The van der Waals surface area contributed by atoms with Crippen molar-refractivity contribution in [3.63, 3.8) is 0 Å². The first-order chi connectivity index (χ1) is 8.71. The van der Waals surface area contributed by atoms with Gasteiger partial charge < -0.3 is 14.2 Å². The van der Waals surface area contributed by atoms with Gasteiger partial charge in [-0.3, -0.25) is 0 Å². The number of hydrogen-bond acceptors (Lipinski definition) is 6. The van der Waals surface area contributed by atoms with Gasteiger partial charge in [0, 0.05) is 6.08 Å². The van der Waals surface area contributed by atoms with Crippen molar-refractivity contribution in [2.24, 2.45) is 0 Å². The largest absolute Gasteiger partial charge is 0.462 e. The zero-order chi connectivity index (χ0) is 15.1. The van der Waals surface area contributed by atoms with E-state index in [4.69, 9.17) is 4.74 Å². The minimum Gasteiger partial charge on any atom is -0.462 e. The zero-order valence-electron chi connectivity index (χ0n) is 11.9. The van der Waals surface area contributed by atoms with Crippen molar-refractivity contribution in [1.82, 2.24) is 0 Å². The number of esters is 3. The second-order valence-corrected chi connectivity index (χ2v) is 4.53. The van der Waals surface area contributed by atoms with Crippen LogP contribution >= 0.6 is 0 Å². The monoisotopic (exact) mass is 272 g/mol. The summed E-state index contributed by atoms with van der Waals surface area (Å²) in [5, 5.41) is 0. The lowest BCUT2D eigenvalue weighted by Gasteiger charge is -2.18. The maximum Gasteiger partial charge on any atom is 0.345 e. The Morgan fingerprint density at radius 1 is 0.947 bits per heavy atom. The van der Waals surface area contributed by atoms with Crippen molar-refractivity contribution in [3.8, 4) is 0 Å². The van der Waals surface area contributed by atoms with Crippen LogP contribution in [-0.4, -0.2) is 36.7 Å². The number of carbonyl (C=O) groups is 3. The van der Waals surface area contributed by atoms with Crippen LogP contribution in [0.2, 0.25) is 0 Å². The van der Waals surface area contributed by atoms with E-state index in [1.807, 2.05) is 0 Å². The Hall–Kier alpha value is -1.85. The summed E-state index contributed by atoms with van der Waals surface area (Å²) in [4.78, 5) is 34.7. The first kappa shape index (κ1) is 17.2. The highest BCUT2D eigenvalue weighted by Crippen LogP contribution is 2.10. The van der Waals surface area contributed by atoms with Gasteiger partial charge in [0.1, 0.15) is 5.60 Å². The van der Waals surface area contributed by atoms with E-state index in [1.54, 1.807) is 34.6 Å². The summed E-state index contributed by atoms with van der Waals surface area (Å²) in [5.74, 6) is -2.62. The molecule has 6 nitrogen and oxygen atoms in total. The molecule has 0 aromatic rings. The van der Waals surface area contributed by atoms with Crippen molar-refractivity contribution in [1.29, 1.82) is 0 Å². The average molecular weight is 272 g/mol. The first-order valence-corrected chi connectivity index (χ1v) is 6.00. The lowest BCUT2D eigenvalue weighted by molar-refractivity contribution is -0.152. The highest BCUT2D eigenvalue weighted by molar-refractivity contribution is 6.17. The van der Waals surface area contributed by atoms with E-state index < -0.39 is 29.1 Å². The Balaban J connectivity index is 5.07. The van der Waals surface area contributed by atoms with Gasteiger partial charge in [0.25, 0.3) is 0 Å². The molecule has 108 valence electrons. The zero-order valence-corrected chi connectivity index (χ0v) is 11.9. The molecule has 0 spiro atoms. The highest BCUT2D eigenvalue weighted by atomic mass is 16.6. The van der Waals surface area contributed by atoms with Gasteiger partial charge in [-0.1, -0.05) is 0 Å². The molecule has 0 bridgehead atoms. The number of carbonyl (C=O) groups excluding carboxylic acids is 3. The van der Waals surface area contributed by atoms with E-state index >= 15 is 0 Å². The van der Waals surface area contributed by atoms with Crippen molar-refractivity contribution in [3.05, 3.63) is 11.6 Å². The number of rotatable bonds is 5. The minimum absolute atomic E-state index is 0.0872. The third-order valence-corrected chi connectivity index (χ3v) is 1.66. The predicted molar refractivity (Wildman–Crippen MR) is 67.2 cm³/mol. The molecule has 6 heteroatoms. The van der Waals surface area contributed by atoms with E-state index in [1.165, 1.54) is 0 Å². The summed E-state index contributed by atoms with van der Waals surface area (Å²) in [6.07, 6.45) is 0.793. The standard InChI is InChI=1S/C13H20O6/c1-6-17-11(15)9(12(16)18-7-2)8-10(14)19-13(3,4)5/h8H,6-7H2,1-5H3. The van der Waals surface area contributed by atoms with Crippen molar-refractivity contribution < 1.29 is 28.6 Å². The van der Waals surface area contributed by atoms with E-state index in [9.17, 15) is 14.4 Å². The van der Waals surface area contributed by atoms with E-state index in [2.05, 4.69) is 9.47 Å². The maximum absolute atomic E-state index is 11.6. The summed E-state index contributed by atoms with van der Waals surface area (Å²) < 4.78 is 14.4. The van der Waals surface area contributed by atoms with Gasteiger partial charge in [-0.15, -0.1) is 0 Å². The Kier molecular flexibility index (Phi) is 6.82. The van der Waals surface area contributed by atoms with Crippen LogP contribution in [0.1, 0.15) is 34.6 Å². The molecule has 0 saturated heterocycles. The number of ether oxygens (including phenoxy) is 3. The van der Waals surface area contributed by atoms with Gasteiger partial charge in [-0.2, -0.15) is 0 Å². The van der Waals surface area contributed by atoms with Crippen LogP contribution in [-0.2, 0) is 28.6 Å². The van der Waals surface area contributed by atoms with Gasteiger partial charge in [0.15, 0.2) is 5.57 Å². The third kappa shape index (κ3) is 7.23. The second kappa shape index (κ2) is 7.56. The van der Waals surface area contributed by atoms with Crippen molar-refractivity contribution in [2.75, 3.05) is 13.2 Å². The molecule has 0 radical (unpaired) electrons. The van der Waals surface area contributed by atoms with E-state index in [-0.39, 0.29) is 13.2 Å². The Morgan fingerprint density at radius 3 is 1.68 bits per heavy atom. The lowest BCUT2D eigenvalue weighted by atomic mass is 10.2. The molecule has 0 unspecified atom stereocenters. The molecule has 0 aliphatic heterocycles. The Morgan fingerprint density at radius 2 is 1.37 bits per heavy atom. The SMILES string of the molecule is CCOC(=O)C(=CC(=O)OC(C)(C)C)C(=O)OCC. The van der Waals surface area contributed by atoms with Gasteiger partial charge in [-0.05, 0) is 34.6 Å². The fourth-order valence-corrected chi connectivity index (χ4v) is 1.07. The van der Waals surface area contributed by atoms with Gasteiger partial charge >= 0.3 is 17.9 Å². The predicted octanol–water partition coefficient (Wildman–Crippen LogP) is 1.38. The molecule has 19 heavy (non-hydrogen) atoms. The second-order valence-electron chi connectivity index (χ2n) is 4.53. The minimum atomic E-state index is -0.910. The molecule has 0 rings (SSSR count). The molecule has 0 aliphatic carbocycles. The van der Waals surface area contributed by atoms with E-state index in [0.29, 0.717) is 0 Å². The molecule has 0 aliphatic rings. The van der Waals surface area contributed by atoms with Crippen LogP contribution in [0.5, 0.6) is 0 Å². The van der Waals surface area contributed by atoms with Crippen molar-refractivity contribution in [2.45, 2.75) is 40.2 Å². The summed E-state index contributed by atoms with van der Waals surface area (Å²) in [5.41, 5.74) is -1.19. The smallest absolute Gasteiger partial charge is 0.345 e. The van der Waals surface area contributed by atoms with E-state index in [0.717, 1.165) is 6.08 Å². The summed E-state index contributed by atoms with van der Waals surface area (Å²) >= 11 is 0. The Labute approximate surface area is 112 Å². The molecule has 0 N–H and O–H groups in total. The molecule has 0 amide bonds. The Bertz CT molecular complexity index is 355. The molecular formula is C13H20O6. The summed E-state index contributed by atoms with van der Waals surface area (Å²) in [6.45, 7) is 8.38. The van der Waals surface area contributed by atoms with Gasteiger partial charge in [-0.25, -0.2) is 14.4 Å². The van der Waals surface area contributed by atoms with Crippen LogP contribution in [0.3, 0.4) is 0 Å². The fourth-order valence-electron chi connectivity index (χ4n) is 1.07. The molecule has 0 atom stereocenters. The normalized spacial score (nSPS) is 10.4. The van der Waals surface area contributed by atoms with Gasteiger partial charge in [0.05, 0.1) is 13.2 Å². The molecular weight excluding hydrogens is 252 g/mol. The average Bonchev–Trinajstić information content (AvgIpc) is 2.24. The number of hydrogen-bond donors (Lipinski definition) is 0. The third-order valence-electron chi connectivity index (χ3n) is 1.66. The summed E-state index contributed by atoms with van der Waals surface area (Å²) in [6, 6.07) is 0. The van der Waals surface area contributed by atoms with Gasteiger partial charge in [0.2, 0.25) is 0 Å². The molecule has 0 fully saturated rings. The van der Waals surface area contributed by atoms with Crippen LogP contribution in [0.25, 0.3) is 0 Å². The molecule has 0 saturated carbocycles. The molecule has 0 aromatic heterocycles. The first-order valence-electron chi connectivity index (χ1n) is 6.00. The fraction of sp³-hybridized carbons (Fsp3) is 0.615. The van der Waals surface area contributed by atoms with Crippen molar-refractivity contribution >= 4 is 17.9 Å². The summed E-state index contributed by atoms with van der Waals surface area (Å²) in [7, 11) is 0. The molecule has 0 aromatic carbocycles. The quantitative estimate of drug-likeness (QED) is 0.247. The highest BCUT2D eigenvalue weighted by Gasteiger charge is 2.24. The van der Waals surface area contributed by atoms with Crippen LogP contribution in [0, 0.1) is 0 Å². The molecule has 0 heterocycles. The van der Waals surface area contributed by atoms with Crippen LogP contribution in [0.15, 0.2) is 11.6 Å². The van der Waals surface area contributed by atoms with Crippen LogP contribution < -0.4 is 0 Å². The topological polar surface area (TPSA) is 78.9 Å². The maximum atomic E-state index is 11.6. The lowest BCUT2D eigenvalue weighted by Crippen LogP contribution is -2.25.